The highest BCUT2D eigenvalue weighted by molar-refractivity contribution is 6.39. The van der Waals surface area contributed by atoms with Gasteiger partial charge in [-0.3, -0.25) is 9.59 Å². The normalized spacial score (nSPS) is 10.2. The molecular formula is C18H19FN2O2. The lowest BCUT2D eigenvalue weighted by Crippen LogP contribution is -2.36. The molecule has 0 aromatic heterocycles. The molecule has 0 aliphatic carbocycles. The Kier molecular flexibility index (Phi) is 5.46. The van der Waals surface area contributed by atoms with Crippen molar-refractivity contribution in [3.05, 3.63) is 65.0 Å². The first-order chi connectivity index (χ1) is 11.0. The zero-order valence-electron chi connectivity index (χ0n) is 13.2. The number of halogens is 1. The van der Waals surface area contributed by atoms with Crippen molar-refractivity contribution in [3.63, 3.8) is 0 Å². The van der Waals surface area contributed by atoms with Gasteiger partial charge in [0.1, 0.15) is 5.82 Å². The summed E-state index contributed by atoms with van der Waals surface area (Å²) in [4.78, 5) is 23.6. The van der Waals surface area contributed by atoms with Crippen LogP contribution < -0.4 is 10.6 Å². The van der Waals surface area contributed by atoms with Gasteiger partial charge in [0.2, 0.25) is 0 Å². The predicted octanol–water partition coefficient (Wildman–Crippen LogP) is 2.74. The molecule has 2 aromatic carbocycles. The molecule has 2 amide bonds. The highest BCUT2D eigenvalue weighted by Crippen LogP contribution is 2.13. The molecule has 4 nitrogen and oxygen atoms in total. The van der Waals surface area contributed by atoms with Gasteiger partial charge in [-0.25, -0.2) is 4.39 Å². The first-order valence-electron chi connectivity index (χ1n) is 7.36. The number of nitrogens with one attached hydrogen (secondary N) is 2. The fraction of sp³-hybridized carbons (Fsp3) is 0.222. The van der Waals surface area contributed by atoms with Crippen LogP contribution in [0.25, 0.3) is 0 Å². The summed E-state index contributed by atoms with van der Waals surface area (Å²) in [6.07, 6.45) is 0.531. The standard InChI is InChI=1S/C18H19FN2O2/c1-12-3-8-16(11-13(12)2)21-18(23)17(22)20-10-9-14-4-6-15(19)7-5-14/h3-8,11H,9-10H2,1-2H3,(H,20,22)(H,21,23). The van der Waals surface area contributed by atoms with Crippen LogP contribution >= 0.6 is 0 Å². The number of anilines is 1. The van der Waals surface area contributed by atoms with Gasteiger partial charge in [0.15, 0.2) is 0 Å². The molecule has 0 fully saturated rings. The van der Waals surface area contributed by atoms with Gasteiger partial charge in [0.25, 0.3) is 0 Å². The maximum absolute atomic E-state index is 12.8. The summed E-state index contributed by atoms with van der Waals surface area (Å²) in [5.74, 6) is -1.69. The zero-order chi connectivity index (χ0) is 16.8. The van der Waals surface area contributed by atoms with Crippen LogP contribution in [0.3, 0.4) is 0 Å². The molecule has 0 aliphatic heterocycles. The second-order valence-electron chi connectivity index (χ2n) is 5.39. The Hall–Kier alpha value is -2.69. The van der Waals surface area contributed by atoms with Gasteiger partial charge >= 0.3 is 11.8 Å². The van der Waals surface area contributed by atoms with Gasteiger partial charge in [-0.1, -0.05) is 18.2 Å². The minimum absolute atomic E-state index is 0.300. The Morgan fingerprint density at radius 1 is 0.957 bits per heavy atom. The largest absolute Gasteiger partial charge is 0.347 e. The summed E-state index contributed by atoms with van der Waals surface area (Å²) < 4.78 is 12.8. The first kappa shape index (κ1) is 16.7. The van der Waals surface area contributed by atoms with Crippen molar-refractivity contribution in [2.45, 2.75) is 20.3 Å². The molecule has 5 heteroatoms. The number of benzene rings is 2. The smallest absolute Gasteiger partial charge is 0.313 e. The minimum atomic E-state index is -0.702. The van der Waals surface area contributed by atoms with E-state index in [1.54, 1.807) is 18.2 Å². The lowest BCUT2D eigenvalue weighted by atomic mass is 10.1. The van der Waals surface area contributed by atoms with Gasteiger partial charge in [-0.2, -0.15) is 0 Å². The number of carbonyl (C=O) groups excluding carboxylic acids is 2. The summed E-state index contributed by atoms with van der Waals surface area (Å²) in [7, 11) is 0. The summed E-state index contributed by atoms with van der Waals surface area (Å²) in [5.41, 5.74) is 3.64. The lowest BCUT2D eigenvalue weighted by Gasteiger charge is -2.08. The summed E-state index contributed by atoms with van der Waals surface area (Å²) in [6, 6.07) is 11.5. The molecule has 0 aliphatic rings. The van der Waals surface area contributed by atoms with E-state index in [1.807, 2.05) is 26.0 Å². The van der Waals surface area contributed by atoms with Crippen molar-refractivity contribution < 1.29 is 14.0 Å². The van der Waals surface area contributed by atoms with Crippen molar-refractivity contribution in [3.8, 4) is 0 Å². The third-order valence-electron chi connectivity index (χ3n) is 3.58. The molecule has 2 aromatic rings. The second kappa shape index (κ2) is 7.54. The SMILES string of the molecule is Cc1ccc(NC(=O)C(=O)NCCc2ccc(F)cc2)cc1C. The first-order valence-corrected chi connectivity index (χ1v) is 7.36. The number of amides is 2. The van der Waals surface area contributed by atoms with Crippen molar-refractivity contribution in [2.24, 2.45) is 0 Å². The molecule has 0 radical (unpaired) electrons. The highest BCUT2D eigenvalue weighted by Gasteiger charge is 2.13. The van der Waals surface area contributed by atoms with E-state index in [9.17, 15) is 14.0 Å². The van der Waals surface area contributed by atoms with Crippen LogP contribution in [-0.2, 0) is 16.0 Å². The van der Waals surface area contributed by atoms with Gasteiger partial charge in [0.05, 0.1) is 0 Å². The fourth-order valence-corrected chi connectivity index (χ4v) is 2.06. The molecule has 2 rings (SSSR count). The van der Waals surface area contributed by atoms with E-state index in [1.165, 1.54) is 12.1 Å². The van der Waals surface area contributed by atoms with Crippen LogP contribution in [0.1, 0.15) is 16.7 Å². The molecule has 0 saturated carbocycles. The molecular weight excluding hydrogens is 295 g/mol. The third kappa shape index (κ3) is 4.92. The average molecular weight is 314 g/mol. The molecule has 0 saturated heterocycles. The Bertz CT molecular complexity index is 711. The molecule has 120 valence electrons. The van der Waals surface area contributed by atoms with E-state index < -0.39 is 11.8 Å². The van der Waals surface area contributed by atoms with Crippen LogP contribution in [0.15, 0.2) is 42.5 Å². The van der Waals surface area contributed by atoms with E-state index in [2.05, 4.69) is 10.6 Å². The molecule has 0 atom stereocenters. The maximum atomic E-state index is 12.8. The van der Waals surface area contributed by atoms with E-state index in [4.69, 9.17) is 0 Å². The monoisotopic (exact) mass is 314 g/mol. The van der Waals surface area contributed by atoms with Crippen LogP contribution in [0.5, 0.6) is 0 Å². The molecule has 0 spiro atoms. The Labute approximate surface area is 134 Å². The van der Waals surface area contributed by atoms with Crippen molar-refractivity contribution in [1.29, 1.82) is 0 Å². The summed E-state index contributed by atoms with van der Waals surface area (Å²) in [6.45, 7) is 4.22. The van der Waals surface area contributed by atoms with Gasteiger partial charge in [0, 0.05) is 12.2 Å². The quantitative estimate of drug-likeness (QED) is 0.853. The van der Waals surface area contributed by atoms with E-state index >= 15 is 0 Å². The fourth-order valence-electron chi connectivity index (χ4n) is 2.06. The number of aryl methyl sites for hydroxylation is 2. The molecule has 0 heterocycles. The van der Waals surface area contributed by atoms with Gasteiger partial charge in [-0.15, -0.1) is 0 Å². The lowest BCUT2D eigenvalue weighted by molar-refractivity contribution is -0.136. The summed E-state index contributed by atoms with van der Waals surface area (Å²) in [5, 5.41) is 5.11. The van der Waals surface area contributed by atoms with Crippen LogP contribution in [-0.4, -0.2) is 18.4 Å². The molecule has 23 heavy (non-hydrogen) atoms. The maximum Gasteiger partial charge on any atom is 0.313 e. The van der Waals surface area contributed by atoms with Crippen LogP contribution in [0.2, 0.25) is 0 Å². The van der Waals surface area contributed by atoms with Crippen molar-refractivity contribution in [1.82, 2.24) is 5.32 Å². The number of carbonyl (C=O) groups is 2. The van der Waals surface area contributed by atoms with Gasteiger partial charge in [-0.05, 0) is 61.2 Å². The van der Waals surface area contributed by atoms with Gasteiger partial charge < -0.3 is 10.6 Å². The zero-order valence-corrected chi connectivity index (χ0v) is 13.2. The molecule has 2 N–H and O–H groups in total. The Morgan fingerprint density at radius 3 is 2.30 bits per heavy atom. The van der Waals surface area contributed by atoms with Crippen molar-refractivity contribution >= 4 is 17.5 Å². The highest BCUT2D eigenvalue weighted by atomic mass is 19.1. The van der Waals surface area contributed by atoms with E-state index in [0.717, 1.165) is 16.7 Å². The number of rotatable bonds is 4. The second-order valence-corrected chi connectivity index (χ2v) is 5.39. The minimum Gasteiger partial charge on any atom is -0.347 e. The predicted molar refractivity (Wildman–Crippen MR) is 87.7 cm³/mol. The molecule has 0 unspecified atom stereocenters. The van der Waals surface area contributed by atoms with E-state index in [0.29, 0.717) is 18.7 Å². The number of hydrogen-bond donors (Lipinski definition) is 2. The molecule has 0 bridgehead atoms. The van der Waals surface area contributed by atoms with Crippen LogP contribution in [0, 0.1) is 19.7 Å². The van der Waals surface area contributed by atoms with Crippen LogP contribution in [0.4, 0.5) is 10.1 Å². The number of hydrogen-bond acceptors (Lipinski definition) is 2. The Balaban J connectivity index is 1.81. The summed E-state index contributed by atoms with van der Waals surface area (Å²) >= 11 is 0. The van der Waals surface area contributed by atoms with Crippen molar-refractivity contribution in [2.75, 3.05) is 11.9 Å². The Morgan fingerprint density at radius 2 is 1.65 bits per heavy atom. The average Bonchev–Trinajstić information content (AvgIpc) is 2.52. The third-order valence-corrected chi connectivity index (χ3v) is 3.58. The topological polar surface area (TPSA) is 58.2 Å². The van der Waals surface area contributed by atoms with E-state index in [-0.39, 0.29) is 5.82 Å².